The van der Waals surface area contributed by atoms with Gasteiger partial charge in [-0.25, -0.2) is 46.3 Å². The molecule has 0 bridgehead atoms. The number of benzene rings is 3. The average Bonchev–Trinajstić information content (AvgIpc) is 1.60. The van der Waals surface area contributed by atoms with Gasteiger partial charge in [0.1, 0.15) is 64.4 Å². The van der Waals surface area contributed by atoms with Crippen molar-refractivity contribution in [2.75, 3.05) is 39.5 Å². The van der Waals surface area contributed by atoms with Crippen LogP contribution in [0.3, 0.4) is 0 Å². The van der Waals surface area contributed by atoms with Crippen LogP contribution in [0.2, 0.25) is 0 Å². The van der Waals surface area contributed by atoms with Crippen molar-refractivity contribution in [3.05, 3.63) is 220 Å². The van der Waals surface area contributed by atoms with E-state index in [1.54, 1.807) is 144 Å². The number of aromatic nitrogens is 6. The first-order chi connectivity index (χ1) is 66.6. The first-order valence-corrected chi connectivity index (χ1v) is 49.8. The third-order valence-corrected chi connectivity index (χ3v) is 25.2. The summed E-state index contributed by atoms with van der Waals surface area (Å²) in [6, 6.07) is 18.7. The molecule has 3 fully saturated rings. The summed E-state index contributed by atoms with van der Waals surface area (Å²) in [4.78, 5) is 158. The van der Waals surface area contributed by atoms with Crippen molar-refractivity contribution in [3.63, 3.8) is 0 Å². The number of nitrogens with zero attached hydrogens (tertiary/aromatic N) is 12. The van der Waals surface area contributed by atoms with Gasteiger partial charge in [-0.2, -0.15) is 10.2 Å². The molecule has 0 saturated carbocycles. The predicted octanol–water partition coefficient (Wildman–Crippen LogP) is 9.97. The third kappa shape index (κ3) is 35.3. The Labute approximate surface area is 814 Å². The van der Waals surface area contributed by atoms with Gasteiger partial charge in [0.2, 0.25) is 0 Å². The number of nitrogens with one attached hydrogen (secondary N) is 6. The summed E-state index contributed by atoms with van der Waals surface area (Å²) in [5.74, 6) is -4.09. The van der Waals surface area contributed by atoms with Crippen LogP contribution in [-0.2, 0) is 113 Å². The topological polar surface area (TPSA) is 690 Å². The van der Waals surface area contributed by atoms with E-state index in [9.17, 15) is 90.9 Å². The fourth-order valence-electron chi connectivity index (χ4n) is 13.5. The summed E-state index contributed by atoms with van der Waals surface area (Å²) in [6.45, 7) is 17.7. The molecule has 9 rings (SSSR count). The van der Waals surface area contributed by atoms with Gasteiger partial charge in [0, 0.05) is 87.9 Å². The molecule has 6 heterocycles. The van der Waals surface area contributed by atoms with Crippen molar-refractivity contribution < 1.29 is 136 Å². The second kappa shape index (κ2) is 54.6. The summed E-state index contributed by atoms with van der Waals surface area (Å²) in [5.41, 5.74) is 16.9. The molecule has 3 aromatic heterocycles. The highest BCUT2D eigenvalue weighted by molar-refractivity contribution is 7.84. The number of aliphatic hydroxyl groups is 3. The number of halogens is 4. The van der Waals surface area contributed by atoms with E-state index < -0.39 is 221 Å². The minimum Gasteiger partial charge on any atom is -0.463 e. The minimum atomic E-state index is -4.70. The zero-order chi connectivity index (χ0) is 106. The average molecular weight is 2090 g/mol. The third-order valence-electron chi connectivity index (χ3n) is 20.3. The number of aliphatic hydroxyl groups excluding tert-OH is 3. The number of para-hydroxylation sites is 3. The molecule has 6 aromatic rings. The maximum Gasteiger partial charge on any atom is 0.459 e. The smallest absolute Gasteiger partial charge is 0.459 e. The summed E-state index contributed by atoms with van der Waals surface area (Å²) >= 11 is 5.97. The fourth-order valence-corrected chi connectivity index (χ4v) is 18.4. The zero-order valence-electron chi connectivity index (χ0n) is 80.2. The number of alkyl halides is 3. The number of ether oxygens (including phenoxy) is 9. The van der Waals surface area contributed by atoms with Crippen molar-refractivity contribution >= 4 is 69.4 Å². The molecule has 0 radical (unpaired) electrons. The van der Waals surface area contributed by atoms with Gasteiger partial charge in [-0.15, -0.1) is 0 Å². The van der Waals surface area contributed by atoms with Crippen LogP contribution in [0.15, 0.2) is 154 Å². The molecule has 57 heteroatoms. The standard InChI is InChI=1S/2C28H38FN6O11P.C18H27ClNO6P.C11H14FN5O4/c2*1-16(2)43-22(37)11-10-19-8-6-7-9-20(19)46-47(41,33-18(5)26(39)44-17(3)4)42-15-28(14-31-34-30)24(38)23(29)25(45-28)35-13-12-21(36)32-27(35)40;1-12(2)24-17(21)11-10-15-8-6-7-9-16(15)26-27(19,23)20-14(5)18(22)25-13(3)4;1-6-8(12)9(17-3-2-7(19)15-10(17)20)21-11(6,5-18)4-14-16-13/h2*6-9,12-13,16-18,23-25,38H,10-11,14-15H2,1-5H3,(H,33,41)(H,32,36,40);6-9,12-14H,10-11H2,1-5H3,(H,20,23);2-3,6,8-9,18H,4-5H2,1H3,(H,15,19,20)/t2*18-,23+,24-,25+,28+,47?;14-,27?;6-,8+,9+,11+/m0000/s1. The summed E-state index contributed by atoms with van der Waals surface area (Å²) in [5, 5.41) is 48.9. The van der Waals surface area contributed by atoms with Crippen LogP contribution in [0.5, 0.6) is 17.2 Å². The van der Waals surface area contributed by atoms with Crippen molar-refractivity contribution in [3.8, 4) is 17.2 Å². The summed E-state index contributed by atoms with van der Waals surface area (Å²) < 4.78 is 165. The lowest BCUT2D eigenvalue weighted by atomic mass is 9.88. The number of aryl methyl sites for hydroxylation is 3. The largest absolute Gasteiger partial charge is 0.463 e. The molecule has 3 unspecified atom stereocenters. The van der Waals surface area contributed by atoms with E-state index in [-0.39, 0.29) is 86.3 Å². The Kier molecular flexibility index (Phi) is 45.7. The van der Waals surface area contributed by atoms with Gasteiger partial charge in [0.05, 0.1) is 76.1 Å². The Morgan fingerprint density at radius 3 is 1.01 bits per heavy atom. The van der Waals surface area contributed by atoms with Gasteiger partial charge in [0.15, 0.2) is 37.2 Å². The quantitative estimate of drug-likeness (QED) is 0.00428. The molecule has 3 aromatic carbocycles. The Morgan fingerprint density at radius 2 is 0.718 bits per heavy atom. The number of esters is 6. The van der Waals surface area contributed by atoms with E-state index in [1.165, 1.54) is 39.8 Å². The van der Waals surface area contributed by atoms with Gasteiger partial charge in [0.25, 0.3) is 16.7 Å². The molecular formula is C85H117ClF3N18O32P3. The van der Waals surface area contributed by atoms with Crippen LogP contribution in [0, 0.1) is 5.92 Å². The van der Waals surface area contributed by atoms with Gasteiger partial charge >= 0.3 is 75.3 Å². The van der Waals surface area contributed by atoms with E-state index in [1.807, 2.05) is 15.0 Å². The highest BCUT2D eigenvalue weighted by atomic mass is 35.7. The van der Waals surface area contributed by atoms with Gasteiger partial charge in [-0.05, 0) is 175 Å². The number of carbonyl (C=O) groups is 6. The van der Waals surface area contributed by atoms with E-state index >= 15 is 8.78 Å². The molecule has 782 valence electrons. The summed E-state index contributed by atoms with van der Waals surface area (Å²) in [7, 11) is -9.41. The maximum atomic E-state index is 15.5. The number of hydrogen-bond acceptors (Lipinski definition) is 35. The Bertz CT molecular complexity index is 5760. The Hall–Kier alpha value is -11.8. The SMILES string of the molecule is CC(C)OC(=O)CCc1ccccc1OP(=O)(Cl)N[C@@H](C)C(=O)OC(C)C.CC(C)OC(=O)CCc1ccccc1OP(=O)(N[C@@H](C)C(=O)OC(C)C)OC[C@@]1(CN=[N+]=[N-])O[C@@H](n2ccc(=O)[nH]c2=O)[C@H](F)[C@@H]1O.CC(C)OC(=O)CCc1ccccc1OP(=O)(N[C@@H](C)C(=O)OC(C)C)OC[C@@]1(CN=[N+]=[N-])O[C@@H](n2ccc(=O)[nH]c2=O)[C@H](F)[C@@H]1O.C[C@H]1[C@@H](F)[C@H](n2ccc(=O)[nH]c2=O)O[C@@]1(CO)CN=[N+]=[N-]. The van der Waals surface area contributed by atoms with Crippen molar-refractivity contribution in [1.29, 1.82) is 0 Å². The molecule has 3 aliphatic rings. The normalized spacial score (nSPS) is 22.5. The van der Waals surface area contributed by atoms with Crippen LogP contribution in [0.4, 0.5) is 13.2 Å². The molecule has 3 aliphatic heterocycles. The van der Waals surface area contributed by atoms with Gasteiger partial charge in [-0.3, -0.25) is 80.9 Å². The molecule has 142 heavy (non-hydrogen) atoms. The van der Waals surface area contributed by atoms with Crippen molar-refractivity contribution in [2.45, 2.75) is 270 Å². The predicted molar refractivity (Wildman–Crippen MR) is 499 cm³/mol. The van der Waals surface area contributed by atoms with Crippen LogP contribution < -0.4 is 62.6 Å². The van der Waals surface area contributed by atoms with Crippen LogP contribution in [-0.4, -0.2) is 222 Å². The molecule has 18 atom stereocenters. The molecule has 0 spiro atoms. The number of aromatic amines is 3. The second-order valence-electron chi connectivity index (χ2n) is 33.9. The van der Waals surface area contributed by atoms with Gasteiger partial charge in [-0.1, -0.05) is 76.9 Å². The monoisotopic (exact) mass is 2090 g/mol. The lowest BCUT2D eigenvalue weighted by Gasteiger charge is -2.32. The molecule has 50 nitrogen and oxygen atoms in total. The molecule has 0 amide bonds. The lowest BCUT2D eigenvalue weighted by molar-refractivity contribution is -0.150. The number of hydrogen-bond donors (Lipinski definition) is 9. The first kappa shape index (κ1) is 119. The van der Waals surface area contributed by atoms with Crippen molar-refractivity contribution in [1.82, 2.24) is 43.9 Å². The van der Waals surface area contributed by atoms with Crippen molar-refractivity contribution in [2.24, 2.45) is 21.3 Å². The number of rotatable bonds is 46. The number of H-pyrrole nitrogens is 3. The van der Waals surface area contributed by atoms with Crippen LogP contribution >= 0.6 is 33.6 Å². The first-order valence-electron chi connectivity index (χ1n) is 44.2. The maximum absolute atomic E-state index is 15.5. The fraction of sp³-hybridized carbons (Fsp3) is 0.576. The van der Waals surface area contributed by atoms with E-state index in [4.69, 9.17) is 93.1 Å². The molecule has 0 aliphatic carbocycles. The lowest BCUT2D eigenvalue weighted by Crippen LogP contribution is -2.49. The zero-order valence-corrected chi connectivity index (χ0v) is 83.6. The summed E-state index contributed by atoms with van der Waals surface area (Å²) in [6.07, 6.45) is -14.1. The number of azide groups is 3. The second-order valence-corrected chi connectivity index (χ2v) is 40.0. The molecular weight excluding hydrogens is 1970 g/mol. The van der Waals surface area contributed by atoms with E-state index in [2.05, 4.69) is 45.3 Å². The molecule has 9 N–H and O–H groups in total. The highest BCUT2D eigenvalue weighted by Crippen LogP contribution is 2.53. The number of carbonyl (C=O) groups excluding carboxylic acids is 6. The highest BCUT2D eigenvalue weighted by Gasteiger charge is 2.60. The van der Waals surface area contributed by atoms with Crippen LogP contribution in [0.1, 0.15) is 165 Å². The Balaban J connectivity index is 0.000000304. The minimum absolute atomic E-state index is 0.0110. The molecule has 3 saturated heterocycles. The van der Waals surface area contributed by atoms with E-state index in [0.29, 0.717) is 32.2 Å². The van der Waals surface area contributed by atoms with E-state index in [0.717, 1.165) is 41.4 Å². The Morgan fingerprint density at radius 1 is 0.444 bits per heavy atom. The van der Waals surface area contributed by atoms with Gasteiger partial charge < -0.3 is 71.5 Å². The van der Waals surface area contributed by atoms with Crippen LogP contribution in [0.25, 0.3) is 31.3 Å².